The van der Waals surface area contributed by atoms with Crippen molar-refractivity contribution in [2.24, 2.45) is 62.1 Å². The number of aliphatic carboxylic acids is 1. The van der Waals surface area contributed by atoms with Crippen molar-refractivity contribution in [1.82, 2.24) is 10.2 Å². The average Bonchev–Trinajstić information content (AvgIpc) is 3.64. The smallest absolute Gasteiger partial charge is 0.309 e. The number of fused-ring (bicyclic) bond motifs is 7. The van der Waals surface area contributed by atoms with E-state index in [1.807, 2.05) is 7.05 Å². The molecule has 0 aromatic heterocycles. The molecule has 5 saturated carbocycles. The van der Waals surface area contributed by atoms with Gasteiger partial charge in [-0.3, -0.25) is 14.4 Å². The number of hydrogen-bond donors (Lipinski definition) is 2. The normalized spacial score (nSPS) is 44.3. The number of carboxylic acids is 1. The van der Waals surface area contributed by atoms with Gasteiger partial charge in [0.05, 0.1) is 11.8 Å². The summed E-state index contributed by atoms with van der Waals surface area (Å²) < 4.78 is 6.18. The van der Waals surface area contributed by atoms with Crippen LogP contribution in [0.4, 0.5) is 0 Å². The molecule has 6 aliphatic rings. The predicted octanol–water partition coefficient (Wildman–Crippen LogP) is 8.27. The molecular formula is C42H68N2O5. The molecule has 0 spiro atoms. The highest BCUT2D eigenvalue weighted by Gasteiger charge is 2.71. The monoisotopic (exact) mass is 681 g/mol. The Morgan fingerprint density at radius 1 is 0.898 bits per heavy atom. The van der Waals surface area contributed by atoms with Gasteiger partial charge in [-0.15, -0.1) is 0 Å². The zero-order valence-electron chi connectivity index (χ0n) is 32.4. The van der Waals surface area contributed by atoms with Gasteiger partial charge in [-0.2, -0.15) is 0 Å². The summed E-state index contributed by atoms with van der Waals surface area (Å²) >= 11 is 0. The highest BCUT2D eigenvalue weighted by atomic mass is 16.5. The van der Waals surface area contributed by atoms with Crippen LogP contribution in [0.5, 0.6) is 0 Å². The molecule has 0 aromatic carbocycles. The van der Waals surface area contributed by atoms with Crippen molar-refractivity contribution in [2.45, 2.75) is 151 Å². The standard InChI is InChI=1S/C42H68N2O5/c1-26(2)28-13-19-42(23-33(45)44-22-16-27(25-44)43-10)21-20-40(8)29(35(28)42)11-12-31-39(7)17-15-32(49-34(46)24-37(3,4)36(47)48)38(5,6)30(39)14-18-41(31,40)9/h27-32,35,43H,1,11-25H2,2-10H3,(H,47,48)/t27-,28?,29+,30-,31+,32-,35+,39-,40+,41+,42+/m0/s1. The van der Waals surface area contributed by atoms with Gasteiger partial charge < -0.3 is 20.1 Å². The Morgan fingerprint density at radius 3 is 2.24 bits per heavy atom. The Labute approximate surface area is 297 Å². The molecule has 1 unspecified atom stereocenters. The van der Waals surface area contributed by atoms with Crippen molar-refractivity contribution in [3.8, 4) is 0 Å². The fourth-order valence-electron chi connectivity index (χ4n) is 14.0. The van der Waals surface area contributed by atoms with Crippen molar-refractivity contribution in [3.05, 3.63) is 12.2 Å². The van der Waals surface area contributed by atoms with Crippen LogP contribution in [0.1, 0.15) is 139 Å². The van der Waals surface area contributed by atoms with Gasteiger partial charge in [0.1, 0.15) is 6.10 Å². The van der Waals surface area contributed by atoms with Gasteiger partial charge >= 0.3 is 11.9 Å². The van der Waals surface area contributed by atoms with E-state index in [0.717, 1.165) is 51.6 Å². The number of carbonyl (C=O) groups is 3. The molecule has 7 heteroatoms. The molecule has 1 amide bonds. The summed E-state index contributed by atoms with van der Waals surface area (Å²) in [6.07, 6.45) is 12.8. The molecule has 6 fully saturated rings. The number of rotatable bonds is 8. The maximum Gasteiger partial charge on any atom is 0.309 e. The number of nitrogens with zero attached hydrogens (tertiary/aromatic N) is 1. The van der Waals surface area contributed by atoms with Gasteiger partial charge in [0, 0.05) is 31.0 Å². The summed E-state index contributed by atoms with van der Waals surface area (Å²) in [6, 6.07) is 0.418. The lowest BCUT2D eigenvalue weighted by Gasteiger charge is -2.73. The number of carboxylic acid groups (broad SMARTS) is 1. The van der Waals surface area contributed by atoms with Crippen molar-refractivity contribution < 1.29 is 24.2 Å². The van der Waals surface area contributed by atoms with Gasteiger partial charge in [-0.25, -0.2) is 0 Å². The largest absolute Gasteiger partial charge is 0.481 e. The van der Waals surface area contributed by atoms with Crippen molar-refractivity contribution >= 4 is 17.8 Å². The van der Waals surface area contributed by atoms with Gasteiger partial charge in [-0.05, 0) is 150 Å². The second-order valence-electron chi connectivity index (χ2n) is 20.0. The second-order valence-corrected chi connectivity index (χ2v) is 20.0. The minimum absolute atomic E-state index is 0.0893. The third kappa shape index (κ3) is 5.64. The molecule has 5 aliphatic carbocycles. The first-order valence-corrected chi connectivity index (χ1v) is 19.8. The van der Waals surface area contributed by atoms with Crippen LogP contribution in [-0.2, 0) is 19.1 Å². The summed E-state index contributed by atoms with van der Waals surface area (Å²) in [7, 11) is 2.02. The van der Waals surface area contributed by atoms with Crippen molar-refractivity contribution in [2.75, 3.05) is 20.1 Å². The van der Waals surface area contributed by atoms with E-state index >= 15 is 0 Å². The quantitative estimate of drug-likeness (QED) is 0.198. The molecule has 49 heavy (non-hydrogen) atoms. The van der Waals surface area contributed by atoms with Crippen LogP contribution >= 0.6 is 0 Å². The van der Waals surface area contributed by atoms with Gasteiger partial charge in [0.25, 0.3) is 0 Å². The van der Waals surface area contributed by atoms with Crippen molar-refractivity contribution in [3.63, 3.8) is 0 Å². The number of likely N-dealkylation sites (N-methyl/N-ethyl adjacent to an activating group) is 1. The number of esters is 1. The number of likely N-dealkylation sites (tertiary alicyclic amines) is 1. The first kappa shape index (κ1) is 36.9. The maximum absolute atomic E-state index is 14.0. The van der Waals surface area contributed by atoms with E-state index in [1.165, 1.54) is 37.7 Å². The molecule has 1 saturated heterocycles. The molecule has 1 heterocycles. The Kier molecular flexibility index (Phi) is 9.31. The Balaban J connectivity index is 1.24. The Hall–Kier alpha value is -1.89. The van der Waals surface area contributed by atoms with E-state index in [0.29, 0.717) is 48.0 Å². The van der Waals surface area contributed by atoms with E-state index in [-0.39, 0.29) is 45.6 Å². The molecule has 276 valence electrons. The van der Waals surface area contributed by atoms with E-state index < -0.39 is 11.4 Å². The lowest BCUT2D eigenvalue weighted by molar-refractivity contribution is -0.250. The number of ether oxygens (including phenoxy) is 1. The number of allylic oxidation sites excluding steroid dienone is 1. The van der Waals surface area contributed by atoms with Crippen LogP contribution < -0.4 is 5.32 Å². The van der Waals surface area contributed by atoms with E-state index in [2.05, 4.69) is 58.3 Å². The van der Waals surface area contributed by atoms with Crippen molar-refractivity contribution in [1.29, 1.82) is 0 Å². The lowest BCUT2D eigenvalue weighted by atomic mass is 9.32. The van der Waals surface area contributed by atoms with E-state index in [4.69, 9.17) is 4.74 Å². The highest BCUT2D eigenvalue weighted by Crippen LogP contribution is 2.78. The second kappa shape index (κ2) is 12.4. The molecule has 2 N–H and O–H groups in total. The molecule has 0 aromatic rings. The van der Waals surface area contributed by atoms with Gasteiger partial charge in [-0.1, -0.05) is 46.8 Å². The summed E-state index contributed by atoms with van der Waals surface area (Å²) in [4.78, 5) is 40.9. The van der Waals surface area contributed by atoms with E-state index in [1.54, 1.807) is 13.8 Å². The summed E-state index contributed by atoms with van der Waals surface area (Å²) in [5.74, 6) is 1.70. The minimum Gasteiger partial charge on any atom is -0.481 e. The molecule has 1 aliphatic heterocycles. The molecule has 11 atom stereocenters. The average molecular weight is 681 g/mol. The molecule has 0 bridgehead atoms. The third-order valence-electron chi connectivity index (χ3n) is 17.1. The van der Waals surface area contributed by atoms with Gasteiger partial charge in [0.2, 0.25) is 5.91 Å². The zero-order valence-corrected chi connectivity index (χ0v) is 32.4. The van der Waals surface area contributed by atoms with Crippen LogP contribution in [-0.4, -0.2) is 60.1 Å². The maximum atomic E-state index is 14.0. The first-order valence-electron chi connectivity index (χ1n) is 19.8. The Bertz CT molecular complexity index is 1360. The number of carbonyl (C=O) groups excluding carboxylic acids is 2. The fourth-order valence-corrected chi connectivity index (χ4v) is 14.0. The topological polar surface area (TPSA) is 95.9 Å². The minimum atomic E-state index is -1.14. The number of hydrogen-bond acceptors (Lipinski definition) is 5. The predicted molar refractivity (Wildman–Crippen MR) is 194 cm³/mol. The first-order chi connectivity index (χ1) is 22.8. The molecule has 7 nitrogen and oxygen atoms in total. The highest BCUT2D eigenvalue weighted by molar-refractivity contribution is 5.81. The van der Waals surface area contributed by atoms with Crippen LogP contribution in [0, 0.1) is 62.1 Å². The summed E-state index contributed by atoms with van der Waals surface area (Å²) in [5, 5.41) is 13.0. The van der Waals surface area contributed by atoms with Gasteiger partial charge in [0.15, 0.2) is 0 Å². The molecular weight excluding hydrogens is 612 g/mol. The zero-order chi connectivity index (χ0) is 35.9. The van der Waals surface area contributed by atoms with Crippen LogP contribution in [0.25, 0.3) is 0 Å². The van der Waals surface area contributed by atoms with Crippen LogP contribution in [0.3, 0.4) is 0 Å². The van der Waals surface area contributed by atoms with Crippen LogP contribution in [0.15, 0.2) is 12.2 Å². The SMILES string of the molecule is C=C(C)C1CC[C@]2(CC(=O)N3CC[C@H](NC)C3)CC[C@]3(C)[C@H](CC[C@@H]4[C@@]5(C)CC[C@H](OC(=O)CC(C)(C)C(=O)O)C(C)(C)[C@@H]5CC[C@]43C)[C@@H]12. The number of amides is 1. The summed E-state index contributed by atoms with van der Waals surface area (Å²) in [6.45, 7) is 24.3. The molecule has 0 radical (unpaired) electrons. The lowest BCUT2D eigenvalue weighted by Crippen LogP contribution is -2.67. The summed E-state index contributed by atoms with van der Waals surface area (Å²) in [5.41, 5.74) is 0.661. The Morgan fingerprint density at radius 2 is 1.61 bits per heavy atom. The third-order valence-corrected chi connectivity index (χ3v) is 17.1. The number of nitrogens with one attached hydrogen (secondary N) is 1. The van der Waals surface area contributed by atoms with Crippen LogP contribution in [0.2, 0.25) is 0 Å². The molecule has 6 rings (SSSR count). The fraction of sp³-hybridized carbons (Fsp3) is 0.881. The van der Waals surface area contributed by atoms with E-state index in [9.17, 15) is 19.5 Å².